The quantitative estimate of drug-likeness (QED) is 0.819. The number of hydrogen-bond acceptors (Lipinski definition) is 2. The Morgan fingerprint density at radius 1 is 0.864 bits per heavy atom. The number of rotatable bonds is 3. The van der Waals surface area contributed by atoms with Crippen LogP contribution in [0.3, 0.4) is 0 Å². The maximum absolute atomic E-state index is 11.8. The lowest BCUT2D eigenvalue weighted by Gasteiger charge is -2.08. The Kier molecular flexibility index (Phi) is 5.66. The summed E-state index contributed by atoms with van der Waals surface area (Å²) < 4.78 is 0. The topological polar surface area (TPSA) is 58.2 Å². The highest BCUT2D eigenvalue weighted by Gasteiger charge is 2.15. The Bertz CT molecular complexity index is 702. The van der Waals surface area contributed by atoms with Gasteiger partial charge < -0.3 is 10.6 Å². The van der Waals surface area contributed by atoms with Gasteiger partial charge in [0.05, 0.1) is 10.7 Å². The van der Waals surface area contributed by atoms with Gasteiger partial charge in [-0.25, -0.2) is 0 Å². The maximum atomic E-state index is 11.8. The molecule has 7 heteroatoms. The zero-order chi connectivity index (χ0) is 16.1. The van der Waals surface area contributed by atoms with Crippen molar-refractivity contribution >= 4 is 52.3 Å². The fraction of sp³-hybridized carbons (Fsp3) is 0.0667. The summed E-state index contributed by atoms with van der Waals surface area (Å²) in [7, 11) is 0. The van der Waals surface area contributed by atoms with Crippen molar-refractivity contribution in [1.29, 1.82) is 0 Å². The second kappa shape index (κ2) is 7.49. The lowest BCUT2D eigenvalue weighted by Crippen LogP contribution is -2.35. The molecule has 0 heterocycles. The number of amides is 2. The largest absolute Gasteiger partial charge is 0.344 e. The van der Waals surface area contributed by atoms with E-state index in [1.54, 1.807) is 30.3 Å². The summed E-state index contributed by atoms with van der Waals surface area (Å²) in [5.74, 6) is -1.59. The van der Waals surface area contributed by atoms with E-state index in [-0.39, 0.29) is 12.2 Å². The van der Waals surface area contributed by atoms with Crippen molar-refractivity contribution in [2.45, 2.75) is 6.54 Å². The van der Waals surface area contributed by atoms with Gasteiger partial charge in [-0.05, 0) is 35.9 Å². The fourth-order valence-electron chi connectivity index (χ4n) is 1.64. The molecular weight excluding hydrogens is 347 g/mol. The molecule has 0 aliphatic heterocycles. The molecule has 2 N–H and O–H groups in total. The minimum Gasteiger partial charge on any atom is -0.344 e. The smallest absolute Gasteiger partial charge is 0.313 e. The van der Waals surface area contributed by atoms with E-state index in [9.17, 15) is 9.59 Å². The second-order valence-corrected chi connectivity index (χ2v) is 5.67. The van der Waals surface area contributed by atoms with Crippen molar-refractivity contribution in [2.24, 2.45) is 0 Å². The number of carbonyl (C=O) groups is 2. The highest BCUT2D eigenvalue weighted by atomic mass is 35.5. The van der Waals surface area contributed by atoms with E-state index >= 15 is 0 Å². The Morgan fingerprint density at radius 3 is 2.18 bits per heavy atom. The molecule has 0 aliphatic rings. The summed E-state index contributed by atoms with van der Waals surface area (Å²) in [5.41, 5.74) is 1.10. The highest BCUT2D eigenvalue weighted by Crippen LogP contribution is 2.25. The minimum atomic E-state index is -0.821. The van der Waals surface area contributed by atoms with Crippen LogP contribution in [0.2, 0.25) is 15.1 Å². The molecule has 0 saturated heterocycles. The van der Waals surface area contributed by atoms with E-state index < -0.39 is 11.8 Å². The van der Waals surface area contributed by atoms with Gasteiger partial charge in [-0.2, -0.15) is 0 Å². The minimum absolute atomic E-state index is 0.215. The molecule has 0 saturated carbocycles. The first-order valence-corrected chi connectivity index (χ1v) is 7.38. The van der Waals surface area contributed by atoms with Gasteiger partial charge in [0.25, 0.3) is 0 Å². The number of nitrogens with one attached hydrogen (secondary N) is 2. The Balaban J connectivity index is 1.93. The van der Waals surface area contributed by atoms with Crippen LogP contribution in [-0.2, 0) is 16.1 Å². The fourth-order valence-corrected chi connectivity index (χ4v) is 2.10. The zero-order valence-electron chi connectivity index (χ0n) is 11.2. The highest BCUT2D eigenvalue weighted by molar-refractivity contribution is 6.42. The van der Waals surface area contributed by atoms with Crippen LogP contribution in [0.15, 0.2) is 42.5 Å². The van der Waals surface area contributed by atoms with E-state index in [0.29, 0.717) is 15.1 Å². The van der Waals surface area contributed by atoms with Crippen LogP contribution in [-0.4, -0.2) is 11.8 Å². The van der Waals surface area contributed by atoms with Crippen LogP contribution in [0.5, 0.6) is 0 Å². The number of hydrogen-bond donors (Lipinski definition) is 2. The van der Waals surface area contributed by atoms with Gasteiger partial charge in [0, 0.05) is 16.6 Å². The summed E-state index contributed by atoms with van der Waals surface area (Å²) in [5, 5.41) is 6.21. The molecule has 0 atom stereocenters. The zero-order valence-corrected chi connectivity index (χ0v) is 13.5. The lowest BCUT2D eigenvalue weighted by molar-refractivity contribution is -0.136. The first-order valence-electron chi connectivity index (χ1n) is 6.24. The molecule has 0 spiro atoms. The summed E-state index contributed by atoms with van der Waals surface area (Å²) in [6, 6.07) is 11.5. The van der Waals surface area contributed by atoms with Crippen molar-refractivity contribution in [3.05, 3.63) is 63.1 Å². The average Bonchev–Trinajstić information content (AvgIpc) is 2.50. The Morgan fingerprint density at radius 2 is 1.50 bits per heavy atom. The van der Waals surface area contributed by atoms with Crippen molar-refractivity contribution in [2.75, 3.05) is 5.32 Å². The van der Waals surface area contributed by atoms with Crippen molar-refractivity contribution in [3.8, 4) is 0 Å². The van der Waals surface area contributed by atoms with Gasteiger partial charge >= 0.3 is 11.8 Å². The third kappa shape index (κ3) is 4.63. The third-order valence-corrected chi connectivity index (χ3v) is 3.57. The van der Waals surface area contributed by atoms with Gasteiger partial charge in [-0.15, -0.1) is 0 Å². The molecule has 4 nitrogen and oxygen atoms in total. The van der Waals surface area contributed by atoms with E-state index in [1.165, 1.54) is 12.1 Å². The van der Waals surface area contributed by atoms with Crippen LogP contribution in [0.25, 0.3) is 0 Å². The summed E-state index contributed by atoms with van der Waals surface area (Å²) in [6.07, 6.45) is 0. The average molecular weight is 358 g/mol. The van der Waals surface area contributed by atoms with Crippen molar-refractivity contribution < 1.29 is 9.59 Å². The van der Waals surface area contributed by atoms with E-state index in [2.05, 4.69) is 10.6 Å². The summed E-state index contributed by atoms with van der Waals surface area (Å²) in [6.45, 7) is 0.215. The standard InChI is InChI=1S/C15H11Cl3N2O2/c16-10-3-1-9(2-4-10)8-19-14(21)15(22)20-13-7-11(17)5-6-12(13)18/h1-7H,8H2,(H,19,21)(H,20,22). The Hall–Kier alpha value is -1.75. The predicted octanol–water partition coefficient (Wildman–Crippen LogP) is 3.90. The monoisotopic (exact) mass is 356 g/mol. The SMILES string of the molecule is O=C(NCc1ccc(Cl)cc1)C(=O)Nc1cc(Cl)ccc1Cl. The molecule has 2 aromatic carbocycles. The third-order valence-electron chi connectivity index (χ3n) is 2.75. The summed E-state index contributed by atoms with van der Waals surface area (Å²) >= 11 is 17.5. The molecule has 0 aromatic heterocycles. The molecule has 0 radical (unpaired) electrons. The Labute approximate surface area is 142 Å². The molecule has 2 aromatic rings. The van der Waals surface area contributed by atoms with Gasteiger partial charge in [-0.3, -0.25) is 9.59 Å². The van der Waals surface area contributed by atoms with E-state index in [0.717, 1.165) is 5.56 Å². The van der Waals surface area contributed by atoms with Gasteiger partial charge in [-0.1, -0.05) is 46.9 Å². The van der Waals surface area contributed by atoms with Crippen molar-refractivity contribution in [1.82, 2.24) is 5.32 Å². The van der Waals surface area contributed by atoms with Gasteiger partial charge in [0.1, 0.15) is 0 Å². The first-order chi connectivity index (χ1) is 10.5. The van der Waals surface area contributed by atoms with Gasteiger partial charge in [0.2, 0.25) is 0 Å². The normalized spacial score (nSPS) is 10.1. The van der Waals surface area contributed by atoms with Gasteiger partial charge in [0.15, 0.2) is 0 Å². The number of benzene rings is 2. The molecule has 114 valence electrons. The number of anilines is 1. The molecule has 2 amide bonds. The van der Waals surface area contributed by atoms with Crippen LogP contribution in [0.1, 0.15) is 5.56 Å². The molecular formula is C15H11Cl3N2O2. The molecule has 0 fully saturated rings. The van der Waals surface area contributed by atoms with Crippen LogP contribution < -0.4 is 10.6 Å². The molecule has 0 aliphatic carbocycles. The number of carbonyl (C=O) groups excluding carboxylic acids is 2. The maximum Gasteiger partial charge on any atom is 0.313 e. The second-order valence-electron chi connectivity index (χ2n) is 4.39. The first kappa shape index (κ1) is 16.6. The molecule has 0 bridgehead atoms. The number of halogens is 3. The van der Waals surface area contributed by atoms with E-state index in [4.69, 9.17) is 34.8 Å². The van der Waals surface area contributed by atoms with Crippen molar-refractivity contribution in [3.63, 3.8) is 0 Å². The summed E-state index contributed by atoms with van der Waals surface area (Å²) in [4.78, 5) is 23.6. The molecule has 2 rings (SSSR count). The molecule has 22 heavy (non-hydrogen) atoms. The van der Waals surface area contributed by atoms with E-state index in [1.807, 2.05) is 0 Å². The van der Waals surface area contributed by atoms with Crippen LogP contribution >= 0.6 is 34.8 Å². The lowest BCUT2D eigenvalue weighted by atomic mass is 10.2. The van der Waals surface area contributed by atoms with Crippen LogP contribution in [0, 0.1) is 0 Å². The van der Waals surface area contributed by atoms with Crippen LogP contribution in [0.4, 0.5) is 5.69 Å². The molecule has 0 unspecified atom stereocenters. The predicted molar refractivity (Wildman–Crippen MR) is 88.4 cm³/mol.